The molecule has 0 atom stereocenters. The quantitative estimate of drug-likeness (QED) is 0.593. The van der Waals surface area contributed by atoms with Crippen LogP contribution in [0.15, 0.2) is 54.2 Å². The van der Waals surface area contributed by atoms with Gasteiger partial charge in [0.25, 0.3) is 5.91 Å². The molecule has 2 aromatic carbocycles. The van der Waals surface area contributed by atoms with Crippen molar-refractivity contribution in [3.8, 4) is 11.8 Å². The monoisotopic (exact) mass is 349 g/mol. The van der Waals surface area contributed by atoms with Gasteiger partial charge in [-0.2, -0.15) is 5.26 Å². The Hall–Kier alpha value is -3.26. The molecule has 0 aromatic heterocycles. The summed E-state index contributed by atoms with van der Waals surface area (Å²) in [5.41, 5.74) is 4.16. The fraction of sp³-hybridized carbons (Fsp3) is 0.238. The van der Waals surface area contributed by atoms with Gasteiger partial charge in [0.1, 0.15) is 17.4 Å². The topological polar surface area (TPSA) is 74.1 Å². The number of hydrogen-bond donors (Lipinski definition) is 2. The molecule has 2 N–H and O–H groups in total. The van der Waals surface area contributed by atoms with Crippen molar-refractivity contribution in [3.05, 3.63) is 70.9 Å². The first kappa shape index (κ1) is 19.1. The number of benzene rings is 2. The number of nitrogens with one attached hydrogen (secondary N) is 2. The van der Waals surface area contributed by atoms with Crippen molar-refractivity contribution in [2.24, 2.45) is 0 Å². The van der Waals surface area contributed by atoms with Gasteiger partial charge in [-0.15, -0.1) is 0 Å². The van der Waals surface area contributed by atoms with Gasteiger partial charge in [-0.3, -0.25) is 4.79 Å². The number of amides is 1. The Morgan fingerprint density at radius 3 is 2.58 bits per heavy atom. The number of carbonyl (C=O) groups is 1. The molecule has 2 aromatic rings. The van der Waals surface area contributed by atoms with E-state index in [9.17, 15) is 10.1 Å². The van der Waals surface area contributed by atoms with Crippen LogP contribution in [0, 0.1) is 25.2 Å². The molecule has 0 unspecified atom stereocenters. The van der Waals surface area contributed by atoms with Gasteiger partial charge in [0.05, 0.1) is 7.11 Å². The summed E-state index contributed by atoms with van der Waals surface area (Å²) in [5, 5.41) is 15.1. The first-order valence-corrected chi connectivity index (χ1v) is 8.38. The minimum Gasteiger partial charge on any atom is -0.497 e. The summed E-state index contributed by atoms with van der Waals surface area (Å²) in [7, 11) is 1.62. The second kappa shape index (κ2) is 9.28. The summed E-state index contributed by atoms with van der Waals surface area (Å²) in [6.45, 7) is 4.41. The lowest BCUT2D eigenvalue weighted by Gasteiger charge is -2.08. The van der Waals surface area contributed by atoms with E-state index in [1.54, 1.807) is 7.11 Å². The van der Waals surface area contributed by atoms with Crippen LogP contribution in [0.3, 0.4) is 0 Å². The Morgan fingerprint density at radius 2 is 1.92 bits per heavy atom. The van der Waals surface area contributed by atoms with Crippen molar-refractivity contribution in [1.82, 2.24) is 5.32 Å². The smallest absolute Gasteiger partial charge is 0.263 e. The number of ether oxygens (including phenoxy) is 1. The Balaban J connectivity index is 1.91. The van der Waals surface area contributed by atoms with E-state index >= 15 is 0 Å². The molecule has 1 amide bonds. The van der Waals surface area contributed by atoms with E-state index in [1.165, 1.54) is 6.20 Å². The van der Waals surface area contributed by atoms with E-state index in [2.05, 4.69) is 10.6 Å². The number of anilines is 1. The first-order chi connectivity index (χ1) is 12.5. The molecule has 0 aliphatic rings. The van der Waals surface area contributed by atoms with Crippen LogP contribution in [-0.2, 0) is 11.2 Å². The number of hydrogen-bond acceptors (Lipinski definition) is 4. The molecule has 0 fully saturated rings. The molecule has 0 radical (unpaired) electrons. The Bertz CT molecular complexity index is 833. The van der Waals surface area contributed by atoms with E-state index in [1.807, 2.05) is 62.4 Å². The van der Waals surface area contributed by atoms with Crippen molar-refractivity contribution in [1.29, 1.82) is 5.26 Å². The Labute approximate surface area is 154 Å². The Morgan fingerprint density at radius 1 is 1.19 bits per heavy atom. The average Bonchev–Trinajstić information content (AvgIpc) is 2.65. The summed E-state index contributed by atoms with van der Waals surface area (Å²) in [4.78, 5) is 12.2. The highest BCUT2D eigenvalue weighted by Gasteiger charge is 2.08. The van der Waals surface area contributed by atoms with Gasteiger partial charge in [-0.1, -0.05) is 24.3 Å². The highest BCUT2D eigenvalue weighted by Crippen LogP contribution is 2.16. The molecule has 0 saturated heterocycles. The SMILES string of the molecule is COc1ccc(CCNC(=O)/C(C#N)=C\Nc2cc(C)ccc2C)cc1. The third-order valence-electron chi connectivity index (χ3n) is 3.99. The van der Waals surface area contributed by atoms with Crippen LogP contribution >= 0.6 is 0 Å². The van der Waals surface area contributed by atoms with Crippen LogP contribution in [0.4, 0.5) is 5.69 Å². The molecule has 2 rings (SSSR count). The number of nitriles is 1. The molecular formula is C21H23N3O2. The van der Waals surface area contributed by atoms with Gasteiger partial charge in [0.15, 0.2) is 0 Å². The zero-order valence-electron chi connectivity index (χ0n) is 15.3. The van der Waals surface area contributed by atoms with E-state index < -0.39 is 0 Å². The maximum atomic E-state index is 12.2. The minimum atomic E-state index is -0.390. The highest BCUT2D eigenvalue weighted by atomic mass is 16.5. The lowest BCUT2D eigenvalue weighted by Crippen LogP contribution is -2.27. The number of methoxy groups -OCH3 is 1. The average molecular weight is 349 g/mol. The largest absolute Gasteiger partial charge is 0.497 e. The van der Waals surface area contributed by atoms with Crippen molar-refractivity contribution in [3.63, 3.8) is 0 Å². The van der Waals surface area contributed by atoms with Gasteiger partial charge >= 0.3 is 0 Å². The fourth-order valence-corrected chi connectivity index (χ4v) is 2.40. The van der Waals surface area contributed by atoms with Crippen molar-refractivity contribution < 1.29 is 9.53 Å². The third kappa shape index (κ3) is 5.38. The number of aryl methyl sites for hydroxylation is 2. The van der Waals surface area contributed by atoms with Crippen LogP contribution in [0.5, 0.6) is 5.75 Å². The Kier molecular flexibility index (Phi) is 6.81. The summed E-state index contributed by atoms with van der Waals surface area (Å²) < 4.78 is 5.12. The second-order valence-corrected chi connectivity index (χ2v) is 5.99. The van der Waals surface area contributed by atoms with Crippen molar-refractivity contribution in [2.45, 2.75) is 20.3 Å². The molecule has 0 aliphatic carbocycles. The minimum absolute atomic E-state index is 0.0423. The molecular weight excluding hydrogens is 326 g/mol. The molecule has 0 aliphatic heterocycles. The zero-order chi connectivity index (χ0) is 18.9. The molecule has 5 heteroatoms. The van der Waals surface area contributed by atoms with Gasteiger partial charge in [0.2, 0.25) is 0 Å². The standard InChI is InChI=1S/C21H23N3O2/c1-15-4-5-16(2)20(12-15)24-14-18(13-22)21(25)23-11-10-17-6-8-19(26-3)9-7-17/h4-9,12,14,24H,10-11H2,1-3H3,(H,23,25)/b18-14-. The predicted octanol–water partition coefficient (Wildman–Crippen LogP) is 3.49. The van der Waals surface area contributed by atoms with E-state index in [4.69, 9.17) is 4.74 Å². The molecule has 0 saturated carbocycles. The number of rotatable bonds is 7. The van der Waals surface area contributed by atoms with Gasteiger partial charge in [-0.25, -0.2) is 0 Å². The van der Waals surface area contributed by atoms with Crippen LogP contribution in [0.1, 0.15) is 16.7 Å². The van der Waals surface area contributed by atoms with E-state index in [-0.39, 0.29) is 11.5 Å². The lowest BCUT2D eigenvalue weighted by molar-refractivity contribution is -0.117. The number of nitrogens with zero attached hydrogens (tertiary/aromatic N) is 1. The van der Waals surface area contributed by atoms with Crippen molar-refractivity contribution in [2.75, 3.05) is 19.0 Å². The zero-order valence-corrected chi connectivity index (χ0v) is 15.3. The first-order valence-electron chi connectivity index (χ1n) is 8.38. The lowest BCUT2D eigenvalue weighted by atomic mass is 10.1. The van der Waals surface area contributed by atoms with E-state index in [0.29, 0.717) is 13.0 Å². The molecule has 0 heterocycles. The second-order valence-electron chi connectivity index (χ2n) is 5.99. The third-order valence-corrected chi connectivity index (χ3v) is 3.99. The highest BCUT2D eigenvalue weighted by molar-refractivity contribution is 5.97. The van der Waals surface area contributed by atoms with Crippen molar-refractivity contribution >= 4 is 11.6 Å². The molecule has 5 nitrogen and oxygen atoms in total. The van der Waals surface area contributed by atoms with Gasteiger partial charge in [-0.05, 0) is 55.2 Å². The summed E-state index contributed by atoms with van der Waals surface area (Å²) >= 11 is 0. The van der Waals surface area contributed by atoms with Crippen LogP contribution in [0.25, 0.3) is 0 Å². The summed E-state index contributed by atoms with van der Waals surface area (Å²) in [5.74, 6) is 0.406. The summed E-state index contributed by atoms with van der Waals surface area (Å²) in [6.07, 6.45) is 2.13. The van der Waals surface area contributed by atoms with Crippen LogP contribution < -0.4 is 15.4 Å². The van der Waals surface area contributed by atoms with Gasteiger partial charge in [0, 0.05) is 18.4 Å². The molecule has 0 bridgehead atoms. The predicted molar refractivity (Wildman–Crippen MR) is 103 cm³/mol. The maximum absolute atomic E-state index is 12.2. The fourth-order valence-electron chi connectivity index (χ4n) is 2.40. The van der Waals surface area contributed by atoms with Crippen LogP contribution in [0.2, 0.25) is 0 Å². The molecule has 134 valence electrons. The van der Waals surface area contributed by atoms with E-state index in [0.717, 1.165) is 28.1 Å². The maximum Gasteiger partial charge on any atom is 0.263 e. The number of carbonyl (C=O) groups excluding carboxylic acids is 1. The molecule has 26 heavy (non-hydrogen) atoms. The van der Waals surface area contributed by atoms with Gasteiger partial charge < -0.3 is 15.4 Å². The van der Waals surface area contributed by atoms with Crippen LogP contribution in [-0.4, -0.2) is 19.6 Å². The summed E-state index contributed by atoms with van der Waals surface area (Å²) in [6, 6.07) is 15.6. The molecule has 0 spiro atoms. The normalized spacial score (nSPS) is 10.8.